The molecule has 2 aromatic rings. The fourth-order valence-electron chi connectivity index (χ4n) is 1.36. The van der Waals surface area contributed by atoms with Gasteiger partial charge in [0, 0.05) is 0 Å². The number of anilines is 2. The van der Waals surface area contributed by atoms with E-state index in [1.54, 1.807) is 0 Å². The second kappa shape index (κ2) is 5.37. The molecule has 1 aromatic heterocycles. The van der Waals surface area contributed by atoms with E-state index in [0.717, 1.165) is 11.3 Å². The summed E-state index contributed by atoms with van der Waals surface area (Å²) in [6.45, 7) is 1.97. The first-order valence-corrected chi connectivity index (χ1v) is 6.37. The first-order chi connectivity index (χ1) is 8.60. The van der Waals surface area contributed by atoms with Crippen LogP contribution in [0, 0.1) is 6.92 Å². The number of nitrogens with zero attached hydrogens (tertiary/aromatic N) is 1. The molecule has 0 atom stereocenters. The van der Waals surface area contributed by atoms with Crippen molar-refractivity contribution in [3.63, 3.8) is 0 Å². The Labute approximate surface area is 114 Å². The smallest absolute Gasteiger partial charge is 0.349 e. The number of esters is 1. The predicted molar refractivity (Wildman–Crippen MR) is 72.9 cm³/mol. The highest BCUT2D eigenvalue weighted by molar-refractivity contribution is 7.17. The van der Waals surface area contributed by atoms with E-state index in [4.69, 9.17) is 11.6 Å². The second-order valence-corrected chi connectivity index (χ2v) is 5.07. The molecule has 0 radical (unpaired) electrons. The highest BCUT2D eigenvalue weighted by Gasteiger charge is 2.11. The van der Waals surface area contributed by atoms with Crippen LogP contribution in [0.25, 0.3) is 0 Å². The molecule has 1 heterocycles. The van der Waals surface area contributed by atoms with Gasteiger partial charge in [-0.2, -0.15) is 0 Å². The quantitative estimate of drug-likeness (QED) is 0.873. The summed E-state index contributed by atoms with van der Waals surface area (Å²) in [6.07, 6.45) is 1.47. The van der Waals surface area contributed by atoms with E-state index in [0.29, 0.717) is 15.0 Å². The monoisotopic (exact) mass is 282 g/mol. The van der Waals surface area contributed by atoms with Crippen molar-refractivity contribution >= 4 is 39.7 Å². The van der Waals surface area contributed by atoms with Crippen molar-refractivity contribution in [2.45, 2.75) is 6.92 Å². The Morgan fingerprint density at radius 1 is 1.50 bits per heavy atom. The van der Waals surface area contributed by atoms with Crippen molar-refractivity contribution in [2.24, 2.45) is 0 Å². The number of ether oxygens (including phenoxy) is 1. The Kier molecular flexibility index (Phi) is 3.84. The van der Waals surface area contributed by atoms with Crippen LogP contribution in [-0.2, 0) is 4.74 Å². The number of hydrogen-bond donors (Lipinski definition) is 1. The third-order valence-electron chi connectivity index (χ3n) is 2.26. The van der Waals surface area contributed by atoms with Crippen LogP contribution in [0.1, 0.15) is 15.2 Å². The molecular formula is C12H11ClN2O2S. The van der Waals surface area contributed by atoms with E-state index >= 15 is 0 Å². The number of thiazole rings is 1. The lowest BCUT2D eigenvalue weighted by Crippen LogP contribution is -1.96. The highest BCUT2D eigenvalue weighted by Crippen LogP contribution is 2.28. The van der Waals surface area contributed by atoms with Crippen LogP contribution in [0.3, 0.4) is 0 Å². The zero-order chi connectivity index (χ0) is 13.1. The molecule has 6 heteroatoms. The van der Waals surface area contributed by atoms with E-state index in [2.05, 4.69) is 15.0 Å². The van der Waals surface area contributed by atoms with Crippen LogP contribution in [0.15, 0.2) is 24.4 Å². The molecule has 0 fully saturated rings. The SMILES string of the molecule is COC(=O)c1cnc(Nc2ccc(C)cc2Cl)s1. The molecule has 0 unspecified atom stereocenters. The summed E-state index contributed by atoms with van der Waals surface area (Å²) < 4.78 is 4.62. The van der Waals surface area contributed by atoms with Gasteiger partial charge in [-0.1, -0.05) is 29.0 Å². The third-order valence-corrected chi connectivity index (χ3v) is 3.46. The number of nitrogens with one attached hydrogen (secondary N) is 1. The fraction of sp³-hybridized carbons (Fsp3) is 0.167. The lowest BCUT2D eigenvalue weighted by Gasteiger charge is -2.05. The maximum atomic E-state index is 11.3. The normalized spacial score (nSPS) is 10.2. The van der Waals surface area contributed by atoms with E-state index in [-0.39, 0.29) is 0 Å². The molecule has 0 saturated heterocycles. The molecule has 18 heavy (non-hydrogen) atoms. The number of hydrogen-bond acceptors (Lipinski definition) is 5. The minimum absolute atomic E-state index is 0.393. The standard InChI is InChI=1S/C12H11ClN2O2S/c1-7-3-4-9(8(13)5-7)15-12-14-6-10(18-12)11(16)17-2/h3-6H,1-2H3,(H,14,15). The number of methoxy groups -OCH3 is 1. The first kappa shape index (κ1) is 12.9. The van der Waals surface area contributed by atoms with Gasteiger partial charge >= 0.3 is 5.97 Å². The van der Waals surface area contributed by atoms with Crippen molar-refractivity contribution in [1.82, 2.24) is 4.98 Å². The minimum atomic E-state index is -0.393. The van der Waals surface area contributed by atoms with Gasteiger partial charge in [-0.3, -0.25) is 0 Å². The van der Waals surface area contributed by atoms with Gasteiger partial charge < -0.3 is 10.1 Å². The molecular weight excluding hydrogens is 272 g/mol. The number of aryl methyl sites for hydroxylation is 1. The van der Waals surface area contributed by atoms with Gasteiger partial charge in [0.05, 0.1) is 24.0 Å². The van der Waals surface area contributed by atoms with Crippen LogP contribution in [0.4, 0.5) is 10.8 Å². The molecule has 0 bridgehead atoms. The molecule has 1 N–H and O–H groups in total. The summed E-state index contributed by atoms with van der Waals surface area (Å²) in [5, 5.41) is 4.28. The predicted octanol–water partition coefficient (Wildman–Crippen LogP) is 3.64. The van der Waals surface area contributed by atoms with Gasteiger partial charge in [0.1, 0.15) is 4.88 Å². The summed E-state index contributed by atoms with van der Waals surface area (Å²) in [6, 6.07) is 5.68. The van der Waals surface area contributed by atoms with Gasteiger partial charge in [-0.25, -0.2) is 9.78 Å². The summed E-state index contributed by atoms with van der Waals surface area (Å²) in [4.78, 5) is 15.8. The lowest BCUT2D eigenvalue weighted by atomic mass is 10.2. The zero-order valence-corrected chi connectivity index (χ0v) is 11.4. The third kappa shape index (κ3) is 2.80. The van der Waals surface area contributed by atoms with Crippen LogP contribution in [0.5, 0.6) is 0 Å². The topological polar surface area (TPSA) is 51.2 Å². The molecule has 0 spiro atoms. The average Bonchev–Trinajstić information content (AvgIpc) is 2.80. The fourth-order valence-corrected chi connectivity index (χ4v) is 2.39. The molecule has 0 saturated carbocycles. The largest absolute Gasteiger partial charge is 0.465 e. The second-order valence-electron chi connectivity index (χ2n) is 3.63. The number of halogens is 1. The Morgan fingerprint density at radius 2 is 2.28 bits per heavy atom. The maximum absolute atomic E-state index is 11.3. The zero-order valence-electron chi connectivity index (χ0n) is 9.86. The number of rotatable bonds is 3. The Hall–Kier alpha value is -1.59. The molecule has 0 aliphatic carbocycles. The van der Waals surface area contributed by atoms with Gasteiger partial charge in [0.25, 0.3) is 0 Å². The Morgan fingerprint density at radius 3 is 2.94 bits per heavy atom. The number of benzene rings is 1. The first-order valence-electron chi connectivity index (χ1n) is 5.17. The molecule has 0 aliphatic rings. The molecule has 0 aliphatic heterocycles. The van der Waals surface area contributed by atoms with Crippen LogP contribution in [0.2, 0.25) is 5.02 Å². The molecule has 0 amide bonds. The number of aromatic nitrogens is 1. The van der Waals surface area contributed by atoms with Crippen molar-refractivity contribution in [3.05, 3.63) is 39.9 Å². The van der Waals surface area contributed by atoms with Crippen molar-refractivity contribution in [3.8, 4) is 0 Å². The summed E-state index contributed by atoms with van der Waals surface area (Å²) in [7, 11) is 1.34. The van der Waals surface area contributed by atoms with E-state index < -0.39 is 5.97 Å². The van der Waals surface area contributed by atoms with Gasteiger partial charge in [0.15, 0.2) is 5.13 Å². The Balaban J connectivity index is 2.18. The van der Waals surface area contributed by atoms with Gasteiger partial charge in [0.2, 0.25) is 0 Å². The average molecular weight is 283 g/mol. The minimum Gasteiger partial charge on any atom is -0.465 e. The molecule has 94 valence electrons. The lowest BCUT2D eigenvalue weighted by molar-refractivity contribution is 0.0606. The van der Waals surface area contributed by atoms with Crippen molar-refractivity contribution in [1.29, 1.82) is 0 Å². The van der Waals surface area contributed by atoms with E-state index in [1.807, 2.05) is 25.1 Å². The molecule has 2 rings (SSSR count). The van der Waals surface area contributed by atoms with Crippen molar-refractivity contribution < 1.29 is 9.53 Å². The van der Waals surface area contributed by atoms with E-state index in [1.165, 1.54) is 24.6 Å². The van der Waals surface area contributed by atoms with Crippen molar-refractivity contribution in [2.75, 3.05) is 12.4 Å². The summed E-state index contributed by atoms with van der Waals surface area (Å²) in [5.41, 5.74) is 1.84. The molecule has 1 aromatic carbocycles. The summed E-state index contributed by atoms with van der Waals surface area (Å²) in [5.74, 6) is -0.393. The van der Waals surface area contributed by atoms with Gasteiger partial charge in [-0.15, -0.1) is 0 Å². The number of carbonyl (C=O) groups is 1. The summed E-state index contributed by atoms with van der Waals surface area (Å²) >= 11 is 7.32. The van der Waals surface area contributed by atoms with Crippen LogP contribution in [-0.4, -0.2) is 18.1 Å². The van der Waals surface area contributed by atoms with Gasteiger partial charge in [-0.05, 0) is 24.6 Å². The Bertz CT molecular complexity index is 583. The number of carbonyl (C=O) groups excluding carboxylic acids is 1. The van der Waals surface area contributed by atoms with E-state index in [9.17, 15) is 4.79 Å². The van der Waals surface area contributed by atoms with Crippen LogP contribution >= 0.6 is 22.9 Å². The molecule has 4 nitrogen and oxygen atoms in total. The van der Waals surface area contributed by atoms with Crippen LogP contribution < -0.4 is 5.32 Å². The highest BCUT2D eigenvalue weighted by atomic mass is 35.5. The maximum Gasteiger partial charge on any atom is 0.349 e.